The molecule has 0 spiro atoms. The van der Waals surface area contributed by atoms with E-state index in [0.717, 1.165) is 22.4 Å². The highest BCUT2D eigenvalue weighted by Crippen LogP contribution is 2.34. The first-order chi connectivity index (χ1) is 15.3. The molecule has 0 saturated carbocycles. The summed E-state index contributed by atoms with van der Waals surface area (Å²) in [5.41, 5.74) is 3.98. The van der Waals surface area contributed by atoms with Crippen LogP contribution in [-0.2, 0) is 29.6 Å². The van der Waals surface area contributed by atoms with Crippen LogP contribution in [-0.4, -0.2) is 31.6 Å². The van der Waals surface area contributed by atoms with E-state index in [4.69, 9.17) is 4.74 Å². The summed E-state index contributed by atoms with van der Waals surface area (Å²) in [7, 11) is -3.35. The molecule has 2 aromatic carbocycles. The normalized spacial score (nSPS) is 15.3. The number of nitrogens with one attached hydrogen (secondary N) is 1. The van der Waals surface area contributed by atoms with Crippen molar-refractivity contribution in [3.8, 4) is 5.75 Å². The second kappa shape index (κ2) is 9.00. The zero-order valence-corrected chi connectivity index (χ0v) is 18.8. The molecule has 32 heavy (non-hydrogen) atoms. The lowest BCUT2D eigenvalue weighted by Crippen LogP contribution is -2.34. The van der Waals surface area contributed by atoms with E-state index in [1.807, 2.05) is 43.3 Å². The molecule has 0 radical (unpaired) electrons. The molecular weight excluding hydrogens is 426 g/mol. The molecule has 0 saturated heterocycles. The number of hydrogen-bond donors (Lipinski definition) is 1. The summed E-state index contributed by atoms with van der Waals surface area (Å²) in [5.74, 6) is 0.544. The summed E-state index contributed by atoms with van der Waals surface area (Å²) >= 11 is 0. The van der Waals surface area contributed by atoms with Crippen LogP contribution >= 0.6 is 0 Å². The summed E-state index contributed by atoms with van der Waals surface area (Å²) in [4.78, 5) is 16.7. The van der Waals surface area contributed by atoms with Gasteiger partial charge in [-0.25, -0.2) is 8.42 Å². The Morgan fingerprint density at radius 3 is 2.62 bits per heavy atom. The molecule has 166 valence electrons. The molecule has 1 atom stereocenters. The minimum absolute atomic E-state index is 0.155. The lowest BCUT2D eigenvalue weighted by atomic mass is 10.1. The molecule has 1 amide bonds. The van der Waals surface area contributed by atoms with Gasteiger partial charge in [-0.15, -0.1) is 0 Å². The van der Waals surface area contributed by atoms with E-state index in [1.54, 1.807) is 30.6 Å². The van der Waals surface area contributed by atoms with Gasteiger partial charge >= 0.3 is 0 Å². The van der Waals surface area contributed by atoms with E-state index in [2.05, 4.69) is 10.3 Å². The quantitative estimate of drug-likeness (QED) is 0.595. The number of sulfonamides is 1. The Hall–Kier alpha value is -3.39. The van der Waals surface area contributed by atoms with Gasteiger partial charge in [-0.3, -0.25) is 14.1 Å². The van der Waals surface area contributed by atoms with Gasteiger partial charge in [-0.1, -0.05) is 18.2 Å². The van der Waals surface area contributed by atoms with Gasteiger partial charge in [-0.2, -0.15) is 0 Å². The van der Waals surface area contributed by atoms with Crippen LogP contribution in [0.1, 0.15) is 34.0 Å². The van der Waals surface area contributed by atoms with Crippen molar-refractivity contribution in [2.75, 3.05) is 10.6 Å². The van der Waals surface area contributed by atoms with Gasteiger partial charge in [0.25, 0.3) is 5.91 Å². The van der Waals surface area contributed by atoms with Crippen LogP contribution in [0.3, 0.4) is 0 Å². The second-order valence-corrected chi connectivity index (χ2v) is 9.79. The van der Waals surface area contributed by atoms with Crippen molar-refractivity contribution in [2.45, 2.75) is 32.5 Å². The fourth-order valence-corrected chi connectivity index (χ4v) is 5.15. The first-order valence-corrected chi connectivity index (χ1v) is 12.2. The third-order valence-corrected chi connectivity index (χ3v) is 6.63. The summed E-state index contributed by atoms with van der Waals surface area (Å²) in [6.45, 7) is 2.69. The highest BCUT2D eigenvalue weighted by atomic mass is 32.2. The average molecular weight is 452 g/mol. The standard InChI is InChI=1S/C24H25N3O4S/c1-17-12-21-13-20(7-10-23(21)27(17)32(2,29)30)24(28)26-15-18-5-8-22(9-6-18)31-16-19-4-3-11-25-14-19/h3-11,13-14,17H,12,15-16H2,1-2H3,(H,26,28). The summed E-state index contributed by atoms with van der Waals surface area (Å²) in [6, 6.07) is 16.4. The number of aromatic nitrogens is 1. The lowest BCUT2D eigenvalue weighted by Gasteiger charge is -2.21. The minimum Gasteiger partial charge on any atom is -0.489 e. The van der Waals surface area contributed by atoms with Gasteiger partial charge in [0.1, 0.15) is 12.4 Å². The Bertz CT molecular complexity index is 1210. The Morgan fingerprint density at radius 2 is 1.94 bits per heavy atom. The maximum atomic E-state index is 12.6. The largest absolute Gasteiger partial charge is 0.489 e. The average Bonchev–Trinajstić information content (AvgIpc) is 3.12. The van der Waals surface area contributed by atoms with Crippen LogP contribution in [0.15, 0.2) is 67.0 Å². The molecule has 1 aliphatic rings. The minimum atomic E-state index is -3.35. The number of fused-ring (bicyclic) bond motifs is 1. The molecule has 1 unspecified atom stereocenters. The van der Waals surface area contributed by atoms with Crippen molar-refractivity contribution >= 4 is 21.6 Å². The molecule has 1 aliphatic heterocycles. The Morgan fingerprint density at radius 1 is 1.16 bits per heavy atom. The molecule has 0 fully saturated rings. The van der Waals surface area contributed by atoms with Crippen molar-refractivity contribution in [1.29, 1.82) is 0 Å². The number of nitrogens with zero attached hydrogens (tertiary/aromatic N) is 2. The topological polar surface area (TPSA) is 88.6 Å². The van der Waals surface area contributed by atoms with E-state index in [1.165, 1.54) is 10.6 Å². The van der Waals surface area contributed by atoms with Crippen LogP contribution in [0.2, 0.25) is 0 Å². The molecule has 1 N–H and O–H groups in total. The fraction of sp³-hybridized carbons (Fsp3) is 0.250. The molecule has 2 heterocycles. The number of hydrogen-bond acceptors (Lipinski definition) is 5. The van der Waals surface area contributed by atoms with Gasteiger partial charge < -0.3 is 10.1 Å². The zero-order valence-electron chi connectivity index (χ0n) is 18.0. The van der Waals surface area contributed by atoms with E-state index < -0.39 is 10.0 Å². The van der Waals surface area contributed by atoms with Crippen LogP contribution in [0, 0.1) is 0 Å². The van der Waals surface area contributed by atoms with Crippen molar-refractivity contribution in [2.24, 2.45) is 0 Å². The summed E-state index contributed by atoms with van der Waals surface area (Å²) in [5, 5.41) is 2.92. The monoisotopic (exact) mass is 451 g/mol. The number of carbonyl (C=O) groups is 1. The number of benzene rings is 2. The lowest BCUT2D eigenvalue weighted by molar-refractivity contribution is 0.0951. The number of anilines is 1. The first kappa shape index (κ1) is 21.8. The maximum Gasteiger partial charge on any atom is 0.251 e. The van der Waals surface area contributed by atoms with Crippen LogP contribution in [0.5, 0.6) is 5.75 Å². The molecular formula is C24H25N3O4S. The number of carbonyl (C=O) groups excluding carboxylic acids is 1. The van der Waals surface area contributed by atoms with Gasteiger partial charge in [0.15, 0.2) is 0 Å². The first-order valence-electron chi connectivity index (χ1n) is 10.3. The van der Waals surface area contributed by atoms with Gasteiger partial charge in [0.05, 0.1) is 11.9 Å². The molecule has 3 aromatic rings. The maximum absolute atomic E-state index is 12.6. The van der Waals surface area contributed by atoms with Crippen molar-refractivity contribution in [3.63, 3.8) is 0 Å². The number of ether oxygens (including phenoxy) is 1. The van der Waals surface area contributed by atoms with E-state index in [0.29, 0.717) is 30.8 Å². The molecule has 1 aromatic heterocycles. The highest BCUT2D eigenvalue weighted by Gasteiger charge is 2.32. The van der Waals surface area contributed by atoms with Crippen molar-refractivity contribution in [3.05, 3.63) is 89.2 Å². The smallest absolute Gasteiger partial charge is 0.251 e. The zero-order chi connectivity index (χ0) is 22.7. The molecule has 7 nitrogen and oxygen atoms in total. The summed E-state index contributed by atoms with van der Waals surface area (Å²) in [6.07, 6.45) is 5.28. The molecule has 4 rings (SSSR count). The van der Waals surface area contributed by atoms with Crippen molar-refractivity contribution < 1.29 is 17.9 Å². The second-order valence-electron chi connectivity index (χ2n) is 7.93. The van der Waals surface area contributed by atoms with E-state index >= 15 is 0 Å². The van der Waals surface area contributed by atoms with Crippen LogP contribution in [0.4, 0.5) is 5.69 Å². The number of pyridine rings is 1. The van der Waals surface area contributed by atoms with Crippen molar-refractivity contribution in [1.82, 2.24) is 10.3 Å². The highest BCUT2D eigenvalue weighted by molar-refractivity contribution is 7.92. The fourth-order valence-electron chi connectivity index (χ4n) is 3.89. The van der Waals surface area contributed by atoms with Crippen LogP contribution in [0.25, 0.3) is 0 Å². The molecule has 8 heteroatoms. The Labute approximate surface area is 188 Å². The Balaban J connectivity index is 1.35. The van der Waals surface area contributed by atoms with E-state index in [-0.39, 0.29) is 11.9 Å². The van der Waals surface area contributed by atoms with Gasteiger partial charge in [0, 0.05) is 36.1 Å². The number of amides is 1. The van der Waals surface area contributed by atoms with Gasteiger partial charge in [-0.05, 0) is 60.9 Å². The Kier molecular flexibility index (Phi) is 6.14. The number of rotatable bonds is 7. The van der Waals surface area contributed by atoms with E-state index in [9.17, 15) is 13.2 Å². The third-order valence-electron chi connectivity index (χ3n) is 5.36. The third kappa shape index (κ3) is 4.91. The molecule has 0 aliphatic carbocycles. The molecule has 0 bridgehead atoms. The predicted octanol–water partition coefficient (Wildman–Crippen LogP) is 3.30. The van der Waals surface area contributed by atoms with Crippen LogP contribution < -0.4 is 14.4 Å². The predicted molar refractivity (Wildman–Crippen MR) is 123 cm³/mol. The summed E-state index contributed by atoms with van der Waals surface area (Å²) < 4.78 is 31.3. The SMILES string of the molecule is CC1Cc2cc(C(=O)NCc3ccc(OCc4cccnc4)cc3)ccc2N1S(C)(=O)=O. The van der Waals surface area contributed by atoms with Gasteiger partial charge in [0.2, 0.25) is 10.0 Å².